The summed E-state index contributed by atoms with van der Waals surface area (Å²) in [5.74, 6) is 3.60. The maximum atomic E-state index is 13.9. The highest BCUT2D eigenvalue weighted by molar-refractivity contribution is 7.90. The fourth-order valence-corrected chi connectivity index (χ4v) is 20.1. The van der Waals surface area contributed by atoms with Crippen molar-refractivity contribution in [2.45, 2.75) is 147 Å². The molecule has 0 saturated carbocycles. The number of Topliss-reactive ketones (excluding diaryl/α,β-unsaturated/α-hetero) is 1. The van der Waals surface area contributed by atoms with E-state index in [0.29, 0.717) is 220 Å². The van der Waals surface area contributed by atoms with Crippen LogP contribution in [0.1, 0.15) is 150 Å². The number of hydrogen-bond donors (Lipinski definition) is 10. The summed E-state index contributed by atoms with van der Waals surface area (Å²) in [6, 6.07) is 40.8. The van der Waals surface area contributed by atoms with Crippen molar-refractivity contribution in [1.29, 1.82) is 0 Å². The van der Waals surface area contributed by atoms with Gasteiger partial charge in [0.1, 0.15) is 34.7 Å². The van der Waals surface area contributed by atoms with Gasteiger partial charge in [0.25, 0.3) is 28.5 Å². The van der Waals surface area contributed by atoms with Crippen LogP contribution >= 0.6 is 0 Å². The average Bonchev–Trinajstić information content (AvgIpc) is 1.72. The van der Waals surface area contributed by atoms with Gasteiger partial charge in [-0.1, -0.05) is 75.4 Å². The van der Waals surface area contributed by atoms with Crippen molar-refractivity contribution in [3.63, 3.8) is 0 Å². The number of ketones is 1. The summed E-state index contributed by atoms with van der Waals surface area (Å²) in [6.07, 6.45) is 11.3. The minimum Gasteiger partial charge on any atom is -0.493 e. The predicted octanol–water partition coefficient (Wildman–Crippen LogP) is 10.4. The number of para-hydroxylation sites is 5. The summed E-state index contributed by atoms with van der Waals surface area (Å²) in [6.45, 7) is 19.8. The number of fused-ring (bicyclic) bond motifs is 3. The summed E-state index contributed by atoms with van der Waals surface area (Å²) in [4.78, 5) is 121. The highest BCUT2D eigenvalue weighted by Crippen LogP contribution is 2.36. The number of nitrogen functional groups attached to an aromatic ring is 3. The number of aromatic amines is 3. The zero-order chi connectivity index (χ0) is 100. The van der Waals surface area contributed by atoms with Gasteiger partial charge >= 0.3 is 0 Å². The van der Waals surface area contributed by atoms with Crippen LogP contribution in [-0.2, 0) is 62.3 Å². The molecule has 2 aliphatic heterocycles. The normalized spacial score (nSPS) is 13.2. The monoisotopic (exact) mass is 1970 g/mol. The largest absolute Gasteiger partial charge is 0.493 e. The second-order valence-corrected chi connectivity index (χ2v) is 38.7. The third-order valence-corrected chi connectivity index (χ3v) is 28.2. The van der Waals surface area contributed by atoms with Gasteiger partial charge in [0.2, 0.25) is 42.0 Å². The zero-order valence-corrected chi connectivity index (χ0v) is 81.4. The van der Waals surface area contributed by atoms with E-state index in [-0.39, 0.29) is 104 Å². The number of anilines is 7. The maximum absolute atomic E-state index is 13.9. The number of piperidine rings is 1. The van der Waals surface area contributed by atoms with Crippen LogP contribution in [-0.4, -0.2) is 191 Å². The lowest BCUT2D eigenvalue weighted by atomic mass is 10.0. The van der Waals surface area contributed by atoms with Crippen LogP contribution in [0.5, 0.6) is 17.2 Å². The van der Waals surface area contributed by atoms with Crippen LogP contribution in [0.25, 0.3) is 50.7 Å². The number of amides is 2. The molecule has 2 saturated heterocycles. The van der Waals surface area contributed by atoms with Gasteiger partial charge < -0.3 is 66.8 Å². The lowest BCUT2D eigenvalue weighted by Crippen LogP contribution is -2.49. The number of sulfonamides is 3. The van der Waals surface area contributed by atoms with E-state index in [4.69, 9.17) is 31.4 Å². The topological polar surface area (TPSA) is 558 Å². The fraction of sp³-hybridized carbons (Fsp3) is 0.299. The quantitative estimate of drug-likeness (QED) is 0.0135. The van der Waals surface area contributed by atoms with Crippen molar-refractivity contribution in [2.24, 2.45) is 0 Å². The third-order valence-electron chi connectivity index (χ3n) is 23.4. The zero-order valence-electron chi connectivity index (χ0n) is 79.0. The number of hydrogen-bond acceptors (Lipinski definition) is 30. The second-order valence-electron chi connectivity index (χ2n) is 33.3. The maximum Gasteiger partial charge on any atom is 0.277 e. The molecule has 2 amide bonds. The van der Waals surface area contributed by atoms with Gasteiger partial charge in [0.15, 0.2) is 39.8 Å². The Balaban J connectivity index is 0.000000160. The van der Waals surface area contributed by atoms with Crippen molar-refractivity contribution in [3.8, 4) is 51.4 Å². The number of benzene rings is 7. The highest BCUT2D eigenvalue weighted by atomic mass is 32.2. The van der Waals surface area contributed by atoms with Crippen molar-refractivity contribution in [1.82, 2.24) is 92.4 Å². The van der Waals surface area contributed by atoms with Gasteiger partial charge in [0, 0.05) is 114 Å². The number of nitrogens with zero attached hydrogens (tertiary/aromatic N) is 16. The van der Waals surface area contributed by atoms with E-state index >= 15 is 0 Å². The third kappa shape index (κ3) is 22.6. The Morgan fingerprint density at radius 2 is 0.823 bits per heavy atom. The minimum absolute atomic E-state index is 0.0150. The number of aromatic nitrogens is 16. The van der Waals surface area contributed by atoms with Gasteiger partial charge in [-0.05, 0) is 182 Å². The van der Waals surface area contributed by atoms with E-state index < -0.39 is 30.1 Å². The van der Waals surface area contributed by atoms with E-state index in [1.165, 1.54) is 85.1 Å². The SMILES string of the molecule is CCCc1nc(C)c2c(=O)[nH]c(-c3cc(S(=O)(=O)N4CCN(c5ncc(C(=O)Cc6ccccc6N)cn5)CC4)ccc3OCC)nn12.CCCc1nc(C)c2c(=O)[nH]c(-c3cc(S(=O)(=O)NC4CCN(c5ncc(C(=O)Nc6ccccc6N)cn5)CC4)ccc3OCC)nn12.CCCc1nc(C)c2c(=O)[nH]c(-c3cc(S(=O)(=O)NCc4ccc(C(=O)Nc5ccccc5N)cc4)ccc3OCC)nn12. The Morgan fingerprint density at radius 3 is 1.24 bits per heavy atom. The fourth-order valence-electron chi connectivity index (χ4n) is 16.3. The average molecular weight is 1970 g/mol. The Bertz CT molecular complexity index is 7730. The standard InChI is InChI=1S/C33H38N10O5S.C33H37N9O5S.C31H33N7O5S/c1-4-8-28-37-20(3)29-32(45)39-30(40-43(28)29)24-17-23(11-12-27(24)48-5-2)49(46,47)41-22-13-15-42(16-14-22)33-35-18-21(19-36-33)31(44)38-26-10-7-6-9-25(26)34;1-4-8-29-37-21(3)30-32(44)38-31(39-42(29)30)25-18-24(11-12-28(25)47-5-2)48(45,46)41-15-13-40(14-16-41)33-35-19-23(20-36-33)27(43)17-22-9-6-7-10-26(22)34;1-4-8-27-34-19(3)28-31(40)36-29(37-38(27)28)23-17-22(15-16-26(23)43-5-2)44(41,42)33-18-20-11-13-21(14-12-20)30(39)35-25-10-7-6-9-24(25)32/h6-7,9-12,17-19,22,41H,4-5,8,13-16,34H2,1-3H3,(H,38,44)(H,39,40,45);6-7,9-12,18-20H,4-5,8,13-17,34H2,1-3H3,(H,38,39,44);6-7,9-17,33H,4-5,8,18,32H2,1-3H3,(H,35,39)(H,36,37,40). The first-order valence-electron chi connectivity index (χ1n) is 46.0. The molecule has 0 radical (unpaired) electrons. The molecule has 44 heteroatoms. The number of aryl methyl sites for hydroxylation is 6. The van der Waals surface area contributed by atoms with E-state index in [1.807, 2.05) is 62.6 Å². The second kappa shape index (κ2) is 43.7. The van der Waals surface area contributed by atoms with Gasteiger partial charge in [-0.25, -0.2) is 83.1 Å². The molecule has 0 unspecified atom stereocenters. The summed E-state index contributed by atoms with van der Waals surface area (Å²) in [5, 5.41) is 19.5. The van der Waals surface area contributed by atoms with Crippen LogP contribution in [0.15, 0.2) is 206 Å². The Kier molecular flexibility index (Phi) is 31.0. The molecule has 8 aromatic heterocycles. The molecule has 41 nitrogen and oxygen atoms in total. The summed E-state index contributed by atoms with van der Waals surface area (Å²) in [5.41, 5.74) is 25.3. The molecule has 7 aromatic carbocycles. The molecule has 10 heterocycles. The molecule has 2 aliphatic rings. The highest BCUT2D eigenvalue weighted by Gasteiger charge is 2.34. The van der Waals surface area contributed by atoms with Crippen molar-refractivity contribution < 1.29 is 53.8 Å². The number of ether oxygens (including phenoxy) is 3. The molecule has 0 bridgehead atoms. The Labute approximate surface area is 811 Å². The van der Waals surface area contributed by atoms with Gasteiger partial charge in [-0.3, -0.25) is 28.8 Å². The van der Waals surface area contributed by atoms with Crippen LogP contribution in [0, 0.1) is 20.8 Å². The van der Waals surface area contributed by atoms with Crippen LogP contribution in [0.3, 0.4) is 0 Å². The molecule has 141 heavy (non-hydrogen) atoms. The smallest absolute Gasteiger partial charge is 0.277 e. The first kappa shape index (κ1) is 100.0. The number of imidazole rings is 3. The molecule has 0 atom stereocenters. The van der Waals surface area contributed by atoms with Crippen LogP contribution in [0.4, 0.5) is 40.3 Å². The molecule has 17 rings (SSSR count). The van der Waals surface area contributed by atoms with E-state index in [2.05, 4.69) is 85.2 Å². The Hall–Kier alpha value is -15.5. The minimum atomic E-state index is -4.00. The molecule has 0 aliphatic carbocycles. The molecule has 13 N–H and O–H groups in total. The molecular weight excluding hydrogens is 1870 g/mol. The number of nitrogens with one attached hydrogen (secondary N) is 7. The molecule has 15 aromatic rings. The van der Waals surface area contributed by atoms with Gasteiger partial charge in [-0.15, -0.1) is 15.3 Å². The van der Waals surface area contributed by atoms with Crippen LogP contribution < -0.4 is 78.0 Å². The van der Waals surface area contributed by atoms with Gasteiger partial charge in [-0.2, -0.15) is 4.31 Å². The van der Waals surface area contributed by atoms with E-state index in [0.717, 1.165) is 24.8 Å². The van der Waals surface area contributed by atoms with Crippen molar-refractivity contribution in [3.05, 3.63) is 270 Å². The summed E-state index contributed by atoms with van der Waals surface area (Å²) in [7, 11) is -11.9. The molecule has 734 valence electrons. The van der Waals surface area contributed by atoms with E-state index in [9.17, 15) is 54.0 Å². The van der Waals surface area contributed by atoms with Crippen molar-refractivity contribution >= 4 is 105 Å². The number of H-pyrrole nitrogens is 3. The molecule has 0 spiro atoms. The molecule has 2 fully saturated rings. The lowest BCUT2D eigenvalue weighted by molar-refractivity contribution is 0.0989. The summed E-state index contributed by atoms with van der Waals surface area (Å²) >= 11 is 0. The summed E-state index contributed by atoms with van der Waals surface area (Å²) < 4.78 is 111. The van der Waals surface area contributed by atoms with E-state index in [1.54, 1.807) is 119 Å². The number of rotatable bonds is 33. The van der Waals surface area contributed by atoms with Crippen LogP contribution in [0.2, 0.25) is 0 Å². The van der Waals surface area contributed by atoms with Gasteiger partial charge in [0.05, 0.1) is 102 Å². The first-order valence-corrected chi connectivity index (χ1v) is 50.4. The first-order chi connectivity index (χ1) is 67.8. The lowest BCUT2D eigenvalue weighted by Gasteiger charge is -2.34. The Morgan fingerprint density at radius 1 is 0.440 bits per heavy atom. The predicted molar refractivity (Wildman–Crippen MR) is 534 cm³/mol. The number of carbonyl (C=O) groups excluding carboxylic acids is 3. The number of nitrogens with two attached hydrogens (primary N) is 3. The van der Waals surface area contributed by atoms with Crippen molar-refractivity contribution in [2.75, 3.05) is 96.7 Å². The number of carbonyl (C=O) groups is 3. The molecular formula is C97H108N26O15S3. The number of piperazine rings is 1.